The second-order valence-electron chi connectivity index (χ2n) is 21.2. The molecule has 0 aromatic heterocycles. The van der Waals surface area contributed by atoms with Crippen molar-refractivity contribution >= 4 is 28.8 Å². The number of aliphatic hydroxyl groups is 1. The van der Waals surface area contributed by atoms with Gasteiger partial charge in [0, 0.05) is 10.0 Å². The minimum Gasteiger partial charge on any atom is -0.386 e. The Morgan fingerprint density at radius 1 is 0.531 bits per heavy atom. The fourth-order valence-electron chi connectivity index (χ4n) is 7.87. The second kappa shape index (κ2) is 24.2. The number of aryl methyl sites for hydroxylation is 2. The number of hydrogen-bond donors (Lipinski definition) is 1. The maximum Gasteiger partial charge on any atom is 0.0840 e. The Labute approximate surface area is 402 Å². The quantitative estimate of drug-likeness (QED) is 0.173. The van der Waals surface area contributed by atoms with Gasteiger partial charge in [-0.1, -0.05) is 211 Å². The van der Waals surface area contributed by atoms with Gasteiger partial charge in [-0.2, -0.15) is 0 Å². The summed E-state index contributed by atoms with van der Waals surface area (Å²) in [6.07, 6.45) is 6.01. The van der Waals surface area contributed by atoms with Crippen molar-refractivity contribution in [2.24, 2.45) is 0 Å². The summed E-state index contributed by atoms with van der Waals surface area (Å²) in [7, 11) is 0. The zero-order valence-corrected chi connectivity index (χ0v) is 44.6. The first-order valence-electron chi connectivity index (χ1n) is 24.0. The lowest BCUT2D eigenvalue weighted by molar-refractivity contribution is 0.0785. The number of hydrogen-bond acceptors (Lipinski definition) is 1. The smallest absolute Gasteiger partial charge is 0.0840 e. The average Bonchev–Trinajstić information content (AvgIpc) is 3.76. The first-order valence-corrected chi connectivity index (χ1v) is 24.8. The summed E-state index contributed by atoms with van der Waals surface area (Å²) >= 11 is 12.0. The second-order valence-corrected chi connectivity index (χ2v) is 22.0. The van der Waals surface area contributed by atoms with Crippen molar-refractivity contribution < 1.29 is 5.11 Å². The summed E-state index contributed by atoms with van der Waals surface area (Å²) < 4.78 is 0. The van der Waals surface area contributed by atoms with Crippen LogP contribution in [0.25, 0.3) is 5.57 Å². The Kier molecular flexibility index (Phi) is 20.7. The molecule has 3 heteroatoms. The highest BCUT2D eigenvalue weighted by Crippen LogP contribution is 2.39. The van der Waals surface area contributed by atoms with Gasteiger partial charge in [0.15, 0.2) is 0 Å². The van der Waals surface area contributed by atoms with Crippen LogP contribution in [-0.2, 0) is 23.9 Å². The van der Waals surface area contributed by atoms with E-state index < -0.39 is 5.60 Å². The maximum atomic E-state index is 9.84. The fraction of sp³-hybridized carbons (Fsp3) is 0.475. The summed E-state index contributed by atoms with van der Waals surface area (Å²) in [4.78, 5) is 0. The Morgan fingerprint density at radius 3 is 1.52 bits per heavy atom. The molecule has 2 aliphatic carbocycles. The van der Waals surface area contributed by atoms with Gasteiger partial charge in [0.2, 0.25) is 0 Å². The lowest BCUT2D eigenvalue weighted by atomic mass is 9.85. The molecule has 0 heterocycles. The van der Waals surface area contributed by atoms with Crippen LogP contribution in [0.15, 0.2) is 103 Å². The molecule has 0 saturated carbocycles. The molecular formula is C61H84Cl2O. The van der Waals surface area contributed by atoms with E-state index in [9.17, 15) is 5.11 Å². The van der Waals surface area contributed by atoms with E-state index in [4.69, 9.17) is 23.2 Å². The van der Waals surface area contributed by atoms with E-state index >= 15 is 0 Å². The van der Waals surface area contributed by atoms with E-state index in [1.54, 1.807) is 25.0 Å². The topological polar surface area (TPSA) is 20.2 Å². The van der Waals surface area contributed by atoms with Crippen molar-refractivity contribution in [3.63, 3.8) is 0 Å². The standard InChI is InChI=1S/C14H20.C13H16.C12H17ClO.C12H18.C10H13Cl/c1-10(2)12-6-5-11-7-8-14(3,4)13(11)9-12;1-9(2)12-7-6-11-5-4-10(3)13(11)8-12;1-8(2)10-7-9(12(3,4)14)5-6-11(10)13;1-9(2)11-6-5-7-12(8-11)10(3)4;1-7(2)9-5-4-8(3)10(11)6-9/h5-6,9-10H,7-8H2,1-4H3;4,6-9H,5H2,1-3H3;5-8,14H,1-4H3;5-10H,1-4H3;4-7H,1-3H3. The fourth-order valence-corrected chi connectivity index (χ4v) is 8.39. The normalized spacial score (nSPS) is 13.6. The van der Waals surface area contributed by atoms with Crippen LogP contribution in [0, 0.1) is 6.92 Å². The van der Waals surface area contributed by atoms with Gasteiger partial charge in [0.25, 0.3) is 0 Å². The van der Waals surface area contributed by atoms with Gasteiger partial charge < -0.3 is 5.11 Å². The van der Waals surface area contributed by atoms with Crippen molar-refractivity contribution in [3.05, 3.63) is 180 Å². The maximum absolute atomic E-state index is 9.84. The predicted molar refractivity (Wildman–Crippen MR) is 285 cm³/mol. The van der Waals surface area contributed by atoms with Crippen LogP contribution < -0.4 is 0 Å². The van der Waals surface area contributed by atoms with Gasteiger partial charge in [0.05, 0.1) is 5.60 Å². The largest absolute Gasteiger partial charge is 0.386 e. The zero-order chi connectivity index (χ0) is 48.3. The molecular weight excluding hydrogens is 820 g/mol. The first kappa shape index (κ1) is 54.7. The average molecular weight is 904 g/mol. The summed E-state index contributed by atoms with van der Waals surface area (Å²) in [5.74, 6) is 3.51. The molecule has 1 nitrogen and oxygen atoms in total. The van der Waals surface area contributed by atoms with E-state index in [-0.39, 0.29) is 0 Å². The minimum absolute atomic E-state index is 0.379. The van der Waals surface area contributed by atoms with Crippen LogP contribution in [0.2, 0.25) is 10.0 Å². The molecule has 5 aromatic rings. The molecule has 0 spiro atoms. The number of halogens is 2. The molecule has 0 atom stereocenters. The lowest BCUT2D eigenvalue weighted by Crippen LogP contribution is -2.15. The summed E-state index contributed by atoms with van der Waals surface area (Å²) in [5.41, 5.74) is 17.4. The zero-order valence-electron chi connectivity index (χ0n) is 43.1. The van der Waals surface area contributed by atoms with E-state index in [0.717, 1.165) is 33.2 Å². The Morgan fingerprint density at radius 2 is 1.02 bits per heavy atom. The summed E-state index contributed by atoms with van der Waals surface area (Å²) in [6, 6.07) is 34.8. The molecule has 64 heavy (non-hydrogen) atoms. The number of rotatable bonds is 7. The third-order valence-corrected chi connectivity index (χ3v) is 13.6. The van der Waals surface area contributed by atoms with E-state index in [1.165, 1.54) is 57.4 Å². The molecule has 348 valence electrons. The number of benzene rings is 5. The van der Waals surface area contributed by atoms with Crippen molar-refractivity contribution in [3.8, 4) is 0 Å². The first-order chi connectivity index (χ1) is 29.7. The van der Waals surface area contributed by atoms with Gasteiger partial charge in [-0.25, -0.2) is 0 Å². The van der Waals surface area contributed by atoms with E-state index in [0.29, 0.717) is 40.9 Å². The lowest BCUT2D eigenvalue weighted by Gasteiger charge is -2.20. The monoisotopic (exact) mass is 903 g/mol. The minimum atomic E-state index is -0.797. The molecule has 0 bridgehead atoms. The molecule has 0 aliphatic heterocycles. The molecule has 7 rings (SSSR count). The highest BCUT2D eigenvalue weighted by molar-refractivity contribution is 6.31. The Hall–Kier alpha value is -3.62. The number of fused-ring (bicyclic) bond motifs is 2. The van der Waals surface area contributed by atoms with Crippen LogP contribution in [-0.4, -0.2) is 5.11 Å². The van der Waals surface area contributed by atoms with Gasteiger partial charge in [-0.15, -0.1) is 0 Å². The molecule has 0 amide bonds. The van der Waals surface area contributed by atoms with Crippen molar-refractivity contribution in [2.45, 2.75) is 190 Å². The van der Waals surface area contributed by atoms with Crippen LogP contribution in [0.3, 0.4) is 0 Å². The SMILES string of the molecule is CC(C)c1cc(C(C)(C)O)ccc1Cl.CC(C)c1ccc2c(c1)C(C)(C)CC2.CC(C)c1cccc(C(C)C)c1.CC1=CCc2ccc(C(C)C)cc21.Cc1ccc(C(C)C)cc1Cl. The molecule has 1 N–H and O–H groups in total. The number of allylic oxidation sites excluding steroid dienone is 2. The third kappa shape index (κ3) is 16.1. The van der Waals surface area contributed by atoms with Crippen LogP contribution in [0.1, 0.15) is 226 Å². The highest BCUT2D eigenvalue weighted by atomic mass is 35.5. The molecule has 0 unspecified atom stereocenters. The molecule has 0 fully saturated rings. The Bertz CT molecular complexity index is 2250. The van der Waals surface area contributed by atoms with Crippen LogP contribution in [0.4, 0.5) is 0 Å². The van der Waals surface area contributed by atoms with Crippen molar-refractivity contribution in [1.29, 1.82) is 0 Å². The molecule has 5 aromatic carbocycles. The van der Waals surface area contributed by atoms with Crippen molar-refractivity contribution in [1.82, 2.24) is 0 Å². The molecule has 0 saturated heterocycles. The van der Waals surface area contributed by atoms with Crippen molar-refractivity contribution in [2.75, 3.05) is 0 Å². The summed E-state index contributed by atoms with van der Waals surface area (Å²) in [6.45, 7) is 39.0. The predicted octanol–water partition coefficient (Wildman–Crippen LogP) is 19.2. The van der Waals surface area contributed by atoms with Gasteiger partial charge in [-0.3, -0.25) is 0 Å². The molecule has 2 aliphatic rings. The van der Waals surface area contributed by atoms with Crippen LogP contribution in [0.5, 0.6) is 0 Å². The van der Waals surface area contributed by atoms with Crippen LogP contribution >= 0.6 is 23.2 Å². The Balaban J connectivity index is 0.000000213. The van der Waals surface area contributed by atoms with E-state index in [1.807, 2.05) is 31.2 Å². The third-order valence-electron chi connectivity index (χ3n) is 12.8. The van der Waals surface area contributed by atoms with Gasteiger partial charge in [0.1, 0.15) is 0 Å². The molecule has 0 radical (unpaired) electrons. The summed E-state index contributed by atoms with van der Waals surface area (Å²) in [5, 5.41) is 11.5. The van der Waals surface area contributed by atoms with E-state index in [2.05, 4.69) is 183 Å². The van der Waals surface area contributed by atoms with Gasteiger partial charge in [-0.05, 0) is 172 Å². The van der Waals surface area contributed by atoms with Gasteiger partial charge >= 0.3 is 0 Å². The highest BCUT2D eigenvalue weighted by Gasteiger charge is 2.29.